The molecule has 4 nitrogen and oxygen atoms in total. The minimum Gasteiger partial charge on any atom is -0.363 e. The van der Waals surface area contributed by atoms with Crippen LogP contribution >= 0.6 is 0 Å². The lowest BCUT2D eigenvalue weighted by Crippen LogP contribution is -2.59. The quantitative estimate of drug-likeness (QED) is 0.477. The molecule has 1 fully saturated rings. The van der Waals surface area contributed by atoms with E-state index in [1.165, 1.54) is 0 Å². The zero-order chi connectivity index (χ0) is 9.73. The molecule has 0 aromatic rings. The van der Waals surface area contributed by atoms with Gasteiger partial charge in [0.2, 0.25) is 0 Å². The molecule has 1 saturated heterocycles. The average Bonchev–Trinajstić information content (AvgIpc) is 2.67. The smallest absolute Gasteiger partial charge is 0.154 e. The van der Waals surface area contributed by atoms with Gasteiger partial charge in [-0.05, 0) is 26.3 Å². The van der Waals surface area contributed by atoms with Gasteiger partial charge in [0.15, 0.2) is 6.29 Å². The lowest BCUT2D eigenvalue weighted by atomic mass is 10.1. The van der Waals surface area contributed by atoms with Crippen molar-refractivity contribution in [2.45, 2.75) is 38.1 Å². The number of nitrogens with one attached hydrogen (secondary N) is 2. The second-order valence-corrected chi connectivity index (χ2v) is 3.34. The molecule has 4 heteroatoms. The standard InChI is InChI=1S/C9H18N2O2/c1-3-9(7-12,10-2)11-8-5-4-6-13-8/h7-8,10-11H,3-6H2,1-2H3. The molecule has 0 spiro atoms. The number of likely N-dealkylation sites (N-methyl/N-ethyl adjacent to an activating group) is 1. The van der Waals surface area contributed by atoms with Crippen molar-refractivity contribution >= 4 is 6.29 Å². The molecule has 2 N–H and O–H groups in total. The highest BCUT2D eigenvalue weighted by atomic mass is 16.5. The first-order valence-corrected chi connectivity index (χ1v) is 4.81. The van der Waals surface area contributed by atoms with Crippen LogP contribution in [0.4, 0.5) is 0 Å². The minimum atomic E-state index is -0.616. The van der Waals surface area contributed by atoms with E-state index in [9.17, 15) is 4.79 Å². The van der Waals surface area contributed by atoms with E-state index in [0.717, 1.165) is 25.7 Å². The van der Waals surface area contributed by atoms with Gasteiger partial charge >= 0.3 is 0 Å². The van der Waals surface area contributed by atoms with Crippen molar-refractivity contribution in [3.05, 3.63) is 0 Å². The molecular formula is C9H18N2O2. The van der Waals surface area contributed by atoms with Crippen molar-refractivity contribution in [2.75, 3.05) is 13.7 Å². The SMILES string of the molecule is CCC(C=O)(NC)NC1CCCO1. The van der Waals surface area contributed by atoms with E-state index in [2.05, 4.69) is 10.6 Å². The van der Waals surface area contributed by atoms with Crippen LogP contribution in [0.2, 0.25) is 0 Å². The monoisotopic (exact) mass is 186 g/mol. The van der Waals surface area contributed by atoms with Gasteiger partial charge in [0.25, 0.3) is 0 Å². The second kappa shape index (κ2) is 4.69. The maximum absolute atomic E-state index is 10.9. The van der Waals surface area contributed by atoms with Crippen molar-refractivity contribution in [2.24, 2.45) is 0 Å². The van der Waals surface area contributed by atoms with E-state index in [-0.39, 0.29) is 6.23 Å². The van der Waals surface area contributed by atoms with Crippen LogP contribution in [0.1, 0.15) is 26.2 Å². The van der Waals surface area contributed by atoms with Crippen LogP contribution < -0.4 is 10.6 Å². The maximum atomic E-state index is 10.9. The summed E-state index contributed by atoms with van der Waals surface area (Å²) in [4.78, 5) is 10.9. The first kappa shape index (κ1) is 10.6. The minimum absolute atomic E-state index is 0.0256. The van der Waals surface area contributed by atoms with E-state index in [4.69, 9.17) is 4.74 Å². The number of carbonyl (C=O) groups is 1. The molecule has 0 aromatic carbocycles. The number of hydrogen-bond acceptors (Lipinski definition) is 4. The molecule has 1 rings (SSSR count). The lowest BCUT2D eigenvalue weighted by molar-refractivity contribution is -0.116. The fraction of sp³-hybridized carbons (Fsp3) is 0.889. The van der Waals surface area contributed by atoms with Crippen LogP contribution in [0.25, 0.3) is 0 Å². The van der Waals surface area contributed by atoms with E-state index in [1.54, 1.807) is 7.05 Å². The van der Waals surface area contributed by atoms with Crippen molar-refractivity contribution in [3.8, 4) is 0 Å². The molecule has 0 radical (unpaired) electrons. The second-order valence-electron chi connectivity index (χ2n) is 3.34. The van der Waals surface area contributed by atoms with Crippen molar-refractivity contribution < 1.29 is 9.53 Å². The summed E-state index contributed by atoms with van der Waals surface area (Å²) in [5.74, 6) is 0. The predicted molar refractivity (Wildman–Crippen MR) is 50.3 cm³/mol. The van der Waals surface area contributed by atoms with Gasteiger partial charge in [-0.1, -0.05) is 6.92 Å². The molecule has 1 aliphatic heterocycles. The summed E-state index contributed by atoms with van der Waals surface area (Å²) in [5.41, 5.74) is -0.616. The summed E-state index contributed by atoms with van der Waals surface area (Å²) < 4.78 is 5.40. The van der Waals surface area contributed by atoms with Gasteiger partial charge in [-0.25, -0.2) is 0 Å². The fourth-order valence-corrected chi connectivity index (χ4v) is 1.51. The van der Waals surface area contributed by atoms with E-state index in [0.29, 0.717) is 6.42 Å². The summed E-state index contributed by atoms with van der Waals surface area (Å²) in [5, 5.41) is 6.16. The highest BCUT2D eigenvalue weighted by Gasteiger charge is 2.30. The summed E-state index contributed by atoms with van der Waals surface area (Å²) in [6, 6.07) is 0. The zero-order valence-electron chi connectivity index (χ0n) is 8.30. The maximum Gasteiger partial charge on any atom is 0.154 e. The van der Waals surface area contributed by atoms with Crippen molar-refractivity contribution in [1.82, 2.24) is 10.6 Å². The molecule has 1 heterocycles. The van der Waals surface area contributed by atoms with Gasteiger partial charge in [0, 0.05) is 6.61 Å². The third-order valence-electron chi connectivity index (χ3n) is 2.55. The van der Waals surface area contributed by atoms with Gasteiger partial charge in [-0.15, -0.1) is 0 Å². The molecule has 76 valence electrons. The Kier molecular flexibility index (Phi) is 3.84. The molecule has 0 aromatic heterocycles. The Balaban J connectivity index is 2.49. The normalized spacial score (nSPS) is 27.1. The van der Waals surface area contributed by atoms with Crippen molar-refractivity contribution in [3.63, 3.8) is 0 Å². The van der Waals surface area contributed by atoms with Gasteiger partial charge in [0.1, 0.15) is 11.9 Å². The zero-order valence-corrected chi connectivity index (χ0v) is 8.30. The third kappa shape index (κ3) is 2.49. The molecule has 0 bridgehead atoms. The number of rotatable bonds is 5. The van der Waals surface area contributed by atoms with Crippen LogP contribution in [0, 0.1) is 0 Å². The molecule has 13 heavy (non-hydrogen) atoms. The molecule has 0 amide bonds. The lowest BCUT2D eigenvalue weighted by Gasteiger charge is -2.30. The van der Waals surface area contributed by atoms with Crippen LogP contribution in [-0.4, -0.2) is 31.8 Å². The summed E-state index contributed by atoms with van der Waals surface area (Å²) >= 11 is 0. The molecule has 0 aliphatic carbocycles. The summed E-state index contributed by atoms with van der Waals surface area (Å²) in [6.07, 6.45) is 3.70. The number of hydrogen-bond donors (Lipinski definition) is 2. The Labute approximate surface area is 79.0 Å². The Morgan fingerprint density at radius 3 is 2.85 bits per heavy atom. The van der Waals surface area contributed by atoms with E-state index in [1.807, 2.05) is 6.92 Å². The van der Waals surface area contributed by atoms with Crippen molar-refractivity contribution in [1.29, 1.82) is 0 Å². The number of aldehydes is 1. The first-order valence-electron chi connectivity index (χ1n) is 4.81. The molecular weight excluding hydrogens is 168 g/mol. The molecule has 0 saturated carbocycles. The van der Waals surface area contributed by atoms with Gasteiger partial charge in [-0.3, -0.25) is 15.4 Å². The third-order valence-corrected chi connectivity index (χ3v) is 2.55. The van der Waals surface area contributed by atoms with Crippen LogP contribution in [-0.2, 0) is 9.53 Å². The Bertz CT molecular complexity index is 163. The highest BCUT2D eigenvalue weighted by Crippen LogP contribution is 2.13. The Hall–Kier alpha value is -0.450. The fourth-order valence-electron chi connectivity index (χ4n) is 1.51. The average molecular weight is 186 g/mol. The molecule has 1 aliphatic rings. The van der Waals surface area contributed by atoms with Crippen LogP contribution in [0.15, 0.2) is 0 Å². The van der Waals surface area contributed by atoms with Gasteiger partial charge in [0.05, 0.1) is 0 Å². The molecule has 2 atom stereocenters. The highest BCUT2D eigenvalue weighted by molar-refractivity contribution is 5.63. The van der Waals surface area contributed by atoms with E-state index >= 15 is 0 Å². The Morgan fingerprint density at radius 1 is 1.69 bits per heavy atom. The van der Waals surface area contributed by atoms with E-state index < -0.39 is 5.66 Å². The predicted octanol–water partition coefficient (Wildman–Crippen LogP) is 0.237. The number of ether oxygens (including phenoxy) is 1. The topological polar surface area (TPSA) is 50.4 Å². The van der Waals surface area contributed by atoms with Gasteiger partial charge < -0.3 is 4.74 Å². The first-order chi connectivity index (χ1) is 6.26. The molecule has 2 unspecified atom stereocenters. The van der Waals surface area contributed by atoms with Crippen LogP contribution in [0.5, 0.6) is 0 Å². The summed E-state index contributed by atoms with van der Waals surface area (Å²) in [6.45, 7) is 2.76. The Morgan fingerprint density at radius 2 is 2.46 bits per heavy atom. The van der Waals surface area contributed by atoms with Gasteiger partial charge in [-0.2, -0.15) is 0 Å². The summed E-state index contributed by atoms with van der Waals surface area (Å²) in [7, 11) is 1.78. The largest absolute Gasteiger partial charge is 0.363 e. The number of carbonyl (C=O) groups excluding carboxylic acids is 1. The van der Waals surface area contributed by atoms with Crippen LogP contribution in [0.3, 0.4) is 0 Å².